The van der Waals surface area contributed by atoms with Crippen LogP contribution in [-0.2, 0) is 4.74 Å². The van der Waals surface area contributed by atoms with Crippen LogP contribution in [0.4, 0.5) is 0 Å². The van der Waals surface area contributed by atoms with Crippen LogP contribution in [0.5, 0.6) is 0 Å². The summed E-state index contributed by atoms with van der Waals surface area (Å²) in [6, 6.07) is 0. The van der Waals surface area contributed by atoms with Gasteiger partial charge in [-0.2, -0.15) is 0 Å². The molecule has 0 rings (SSSR count). The highest BCUT2D eigenvalue weighted by Crippen LogP contribution is 2.01. The normalized spacial score (nSPS) is 10.8. The Kier molecular flexibility index (Phi) is 13.8. The third-order valence-corrected chi connectivity index (χ3v) is 2.52. The molecule has 1 N–H and O–H groups in total. The van der Waals surface area contributed by atoms with E-state index in [-0.39, 0.29) is 0 Å². The van der Waals surface area contributed by atoms with Crippen molar-refractivity contribution in [2.45, 2.75) is 58.8 Å². The fourth-order valence-electron chi connectivity index (χ4n) is 1.48. The van der Waals surface area contributed by atoms with Crippen LogP contribution in [0.3, 0.4) is 0 Å². The molecule has 0 aliphatic carbocycles. The van der Waals surface area contributed by atoms with Gasteiger partial charge in [0.2, 0.25) is 0 Å². The second-order valence-corrected chi connectivity index (χ2v) is 4.13. The summed E-state index contributed by atoms with van der Waals surface area (Å²) in [5, 5.41) is 3.37. The molecule has 0 fully saturated rings. The van der Waals surface area contributed by atoms with E-state index in [0.29, 0.717) is 0 Å². The van der Waals surface area contributed by atoms with Crippen molar-refractivity contribution in [2.75, 3.05) is 26.3 Å². The standard InChI is InChI=1S/C13H29NO/c1-3-5-7-8-9-12-15-13-11-14-10-6-4-2/h14H,3-13H2,1-2H3. The molecule has 0 aromatic rings. The minimum Gasteiger partial charge on any atom is -0.380 e. The number of nitrogens with one attached hydrogen (secondary N) is 1. The maximum absolute atomic E-state index is 5.53. The summed E-state index contributed by atoms with van der Waals surface area (Å²) < 4.78 is 5.53. The quantitative estimate of drug-likeness (QED) is 0.504. The number of rotatable bonds is 12. The lowest BCUT2D eigenvalue weighted by Crippen LogP contribution is -2.20. The summed E-state index contributed by atoms with van der Waals surface area (Å²) in [7, 11) is 0. The second-order valence-electron chi connectivity index (χ2n) is 4.13. The zero-order chi connectivity index (χ0) is 11.2. The summed E-state index contributed by atoms with van der Waals surface area (Å²) in [5.41, 5.74) is 0. The minimum absolute atomic E-state index is 0.873. The predicted molar refractivity (Wildman–Crippen MR) is 67.4 cm³/mol. The van der Waals surface area contributed by atoms with Gasteiger partial charge in [-0.3, -0.25) is 0 Å². The molecule has 0 aromatic carbocycles. The van der Waals surface area contributed by atoms with Crippen LogP contribution in [0, 0.1) is 0 Å². The number of hydrogen-bond donors (Lipinski definition) is 1. The molecule has 0 atom stereocenters. The lowest BCUT2D eigenvalue weighted by molar-refractivity contribution is 0.131. The van der Waals surface area contributed by atoms with Crippen molar-refractivity contribution in [1.82, 2.24) is 5.32 Å². The molecule has 0 heterocycles. The summed E-state index contributed by atoms with van der Waals surface area (Å²) >= 11 is 0. The van der Waals surface area contributed by atoms with Crippen LogP contribution in [0.2, 0.25) is 0 Å². The van der Waals surface area contributed by atoms with Crippen molar-refractivity contribution >= 4 is 0 Å². The number of ether oxygens (including phenoxy) is 1. The molecule has 2 nitrogen and oxygen atoms in total. The van der Waals surface area contributed by atoms with Crippen LogP contribution >= 0.6 is 0 Å². The SMILES string of the molecule is CCCCCCCOCCNCCCC. The Labute approximate surface area is 95.8 Å². The molecule has 0 aromatic heterocycles. The maximum atomic E-state index is 5.53. The fraction of sp³-hybridized carbons (Fsp3) is 1.00. The Balaban J connectivity index is 2.81. The molecule has 0 spiro atoms. The Morgan fingerprint density at radius 3 is 2.20 bits per heavy atom. The van der Waals surface area contributed by atoms with E-state index >= 15 is 0 Å². The van der Waals surface area contributed by atoms with Crippen molar-refractivity contribution < 1.29 is 4.74 Å². The first-order chi connectivity index (χ1) is 7.41. The van der Waals surface area contributed by atoms with E-state index in [1.165, 1.54) is 44.9 Å². The first-order valence-electron chi connectivity index (χ1n) is 6.70. The summed E-state index contributed by atoms with van der Waals surface area (Å²) in [4.78, 5) is 0. The third-order valence-electron chi connectivity index (χ3n) is 2.52. The average molecular weight is 215 g/mol. The lowest BCUT2D eigenvalue weighted by atomic mass is 10.2. The molecule has 0 aliphatic rings. The molecule has 0 radical (unpaired) electrons. The first kappa shape index (κ1) is 14.9. The summed E-state index contributed by atoms with van der Waals surface area (Å²) in [6.07, 6.45) is 9.17. The van der Waals surface area contributed by atoms with Crippen LogP contribution in [0.1, 0.15) is 58.8 Å². The zero-order valence-electron chi connectivity index (χ0n) is 10.7. The van der Waals surface area contributed by atoms with Crippen LogP contribution in [0.15, 0.2) is 0 Å². The molecule has 2 heteroatoms. The second kappa shape index (κ2) is 13.9. The Morgan fingerprint density at radius 2 is 1.47 bits per heavy atom. The third kappa shape index (κ3) is 13.9. The van der Waals surface area contributed by atoms with Crippen molar-refractivity contribution in [3.8, 4) is 0 Å². The zero-order valence-corrected chi connectivity index (χ0v) is 10.7. The van der Waals surface area contributed by atoms with E-state index in [1.54, 1.807) is 0 Å². The Bertz CT molecular complexity index is 94.7. The molecule has 0 saturated heterocycles. The molecule has 0 bridgehead atoms. The van der Waals surface area contributed by atoms with Gasteiger partial charge in [-0.1, -0.05) is 46.0 Å². The van der Waals surface area contributed by atoms with Gasteiger partial charge in [0, 0.05) is 13.2 Å². The van der Waals surface area contributed by atoms with Crippen molar-refractivity contribution in [2.24, 2.45) is 0 Å². The highest BCUT2D eigenvalue weighted by Gasteiger charge is 1.90. The van der Waals surface area contributed by atoms with E-state index in [4.69, 9.17) is 4.74 Å². The van der Waals surface area contributed by atoms with Crippen LogP contribution < -0.4 is 5.32 Å². The topological polar surface area (TPSA) is 21.3 Å². The van der Waals surface area contributed by atoms with E-state index in [1.807, 2.05) is 0 Å². The minimum atomic E-state index is 0.873. The predicted octanol–water partition coefficient (Wildman–Crippen LogP) is 3.36. The van der Waals surface area contributed by atoms with E-state index in [2.05, 4.69) is 19.2 Å². The smallest absolute Gasteiger partial charge is 0.0590 e. The maximum Gasteiger partial charge on any atom is 0.0590 e. The van der Waals surface area contributed by atoms with Crippen molar-refractivity contribution in [3.05, 3.63) is 0 Å². The molecule has 0 unspecified atom stereocenters. The highest BCUT2D eigenvalue weighted by atomic mass is 16.5. The number of hydrogen-bond acceptors (Lipinski definition) is 2. The van der Waals surface area contributed by atoms with Crippen LogP contribution in [-0.4, -0.2) is 26.3 Å². The van der Waals surface area contributed by atoms with Gasteiger partial charge in [-0.15, -0.1) is 0 Å². The van der Waals surface area contributed by atoms with E-state index in [9.17, 15) is 0 Å². The van der Waals surface area contributed by atoms with Gasteiger partial charge < -0.3 is 10.1 Å². The molecule has 0 aliphatic heterocycles. The summed E-state index contributed by atoms with van der Waals surface area (Å²) in [6.45, 7) is 8.43. The van der Waals surface area contributed by atoms with Crippen LogP contribution in [0.25, 0.3) is 0 Å². The number of unbranched alkanes of at least 4 members (excludes halogenated alkanes) is 5. The molecule has 0 saturated carbocycles. The van der Waals surface area contributed by atoms with Gasteiger partial charge in [0.05, 0.1) is 6.61 Å². The molecule has 0 amide bonds. The molecular weight excluding hydrogens is 186 g/mol. The molecule has 15 heavy (non-hydrogen) atoms. The van der Waals surface area contributed by atoms with Gasteiger partial charge >= 0.3 is 0 Å². The Morgan fingerprint density at radius 1 is 0.733 bits per heavy atom. The van der Waals surface area contributed by atoms with Gasteiger partial charge in [0.1, 0.15) is 0 Å². The lowest BCUT2D eigenvalue weighted by Gasteiger charge is -2.05. The van der Waals surface area contributed by atoms with Gasteiger partial charge in [-0.25, -0.2) is 0 Å². The summed E-state index contributed by atoms with van der Waals surface area (Å²) in [5.74, 6) is 0. The van der Waals surface area contributed by atoms with Crippen molar-refractivity contribution in [1.29, 1.82) is 0 Å². The molecular formula is C13H29NO. The van der Waals surface area contributed by atoms with Gasteiger partial charge in [0.15, 0.2) is 0 Å². The van der Waals surface area contributed by atoms with Crippen molar-refractivity contribution in [3.63, 3.8) is 0 Å². The molecule has 92 valence electrons. The fourth-order valence-corrected chi connectivity index (χ4v) is 1.48. The average Bonchev–Trinajstić information content (AvgIpc) is 2.26. The Hall–Kier alpha value is -0.0800. The first-order valence-corrected chi connectivity index (χ1v) is 6.70. The van der Waals surface area contributed by atoms with E-state index in [0.717, 1.165) is 26.3 Å². The van der Waals surface area contributed by atoms with Gasteiger partial charge in [0.25, 0.3) is 0 Å². The van der Waals surface area contributed by atoms with Gasteiger partial charge in [-0.05, 0) is 19.4 Å². The monoisotopic (exact) mass is 215 g/mol. The van der Waals surface area contributed by atoms with E-state index < -0.39 is 0 Å². The highest BCUT2D eigenvalue weighted by molar-refractivity contribution is 4.46. The largest absolute Gasteiger partial charge is 0.380 e.